The molecule has 0 atom stereocenters. The van der Waals surface area contributed by atoms with E-state index in [9.17, 15) is 10.0 Å². The van der Waals surface area contributed by atoms with Crippen LogP contribution in [0, 0.1) is 0 Å². The molecule has 0 unspecified atom stereocenters. The van der Waals surface area contributed by atoms with E-state index < -0.39 is 0 Å². The van der Waals surface area contributed by atoms with Crippen molar-refractivity contribution in [2.75, 3.05) is 0 Å². The molecule has 0 aromatic heterocycles. The van der Waals surface area contributed by atoms with E-state index in [1.165, 1.54) is 25.3 Å². The van der Waals surface area contributed by atoms with Gasteiger partial charge in [-0.25, -0.2) is 5.06 Å². The molecule has 0 bridgehead atoms. The highest BCUT2D eigenvalue weighted by Gasteiger charge is 2.40. The lowest BCUT2D eigenvalue weighted by atomic mass is 9.85. The third kappa shape index (κ3) is 1.57. The maximum Gasteiger partial charge on any atom is 0.270 e. The van der Waals surface area contributed by atoms with Gasteiger partial charge >= 0.3 is 0 Å². The average Bonchev–Trinajstić information content (AvgIpc) is 2.41. The number of carbonyl (C=O) groups is 1. The Morgan fingerprint density at radius 2 is 1.71 bits per heavy atom. The number of nitrogens with zero attached hydrogens (tertiary/aromatic N) is 1. The minimum Gasteiger partial charge on any atom is -0.285 e. The summed E-state index contributed by atoms with van der Waals surface area (Å²) in [6, 6.07) is 0. The van der Waals surface area contributed by atoms with Crippen LogP contribution < -0.4 is 0 Å². The van der Waals surface area contributed by atoms with Gasteiger partial charge in [-0.05, 0) is 12.8 Å². The van der Waals surface area contributed by atoms with Gasteiger partial charge in [0.05, 0.1) is 5.54 Å². The largest absolute Gasteiger partial charge is 0.285 e. The Morgan fingerprint density at radius 3 is 2.21 bits per heavy atom. The van der Waals surface area contributed by atoms with Gasteiger partial charge in [0.2, 0.25) is 0 Å². The first-order chi connectivity index (χ1) is 6.75. The molecule has 0 saturated heterocycles. The van der Waals surface area contributed by atoms with Crippen LogP contribution in [0.15, 0.2) is 12.2 Å². The van der Waals surface area contributed by atoms with Crippen LogP contribution in [0.5, 0.6) is 0 Å². The van der Waals surface area contributed by atoms with E-state index >= 15 is 0 Å². The molecule has 0 radical (unpaired) electrons. The van der Waals surface area contributed by atoms with Gasteiger partial charge in [-0.2, -0.15) is 0 Å². The maximum absolute atomic E-state index is 11.2. The van der Waals surface area contributed by atoms with Crippen molar-refractivity contribution < 1.29 is 10.0 Å². The molecule has 1 saturated carbocycles. The van der Waals surface area contributed by atoms with Crippen LogP contribution in [0.2, 0.25) is 0 Å². The zero-order valence-electron chi connectivity index (χ0n) is 8.41. The molecule has 14 heavy (non-hydrogen) atoms. The molecule has 0 aromatic carbocycles. The summed E-state index contributed by atoms with van der Waals surface area (Å²) in [4.78, 5) is 11.2. The fraction of sp³-hybridized carbons (Fsp3) is 0.727. The number of amides is 1. The summed E-state index contributed by atoms with van der Waals surface area (Å²) in [5.74, 6) is -0.259. The van der Waals surface area contributed by atoms with E-state index in [1.807, 2.05) is 6.08 Å². The molecule has 1 aliphatic heterocycles. The quantitative estimate of drug-likeness (QED) is 0.602. The number of rotatable bonds is 0. The monoisotopic (exact) mass is 195 g/mol. The Bertz CT molecular complexity index is 252. The molecule has 78 valence electrons. The van der Waals surface area contributed by atoms with Crippen molar-refractivity contribution in [2.45, 2.75) is 50.5 Å². The SMILES string of the molecule is O=C1C=CC2(CCCCCCC2)N1O. The molecule has 1 aliphatic carbocycles. The first kappa shape index (κ1) is 9.71. The first-order valence-corrected chi connectivity index (χ1v) is 5.47. The highest BCUT2D eigenvalue weighted by Crippen LogP contribution is 2.35. The van der Waals surface area contributed by atoms with Gasteiger partial charge in [0.15, 0.2) is 0 Å². The molecule has 1 N–H and O–H groups in total. The van der Waals surface area contributed by atoms with Gasteiger partial charge in [0.1, 0.15) is 0 Å². The molecule has 2 rings (SSSR count). The minimum absolute atomic E-state index is 0.259. The van der Waals surface area contributed by atoms with E-state index in [0.29, 0.717) is 0 Å². The second-order valence-corrected chi connectivity index (χ2v) is 4.35. The third-order valence-electron chi connectivity index (χ3n) is 3.39. The Balaban J connectivity index is 2.12. The standard InChI is InChI=1S/C11H17NO2/c13-10-6-9-11(12(10)14)7-4-2-1-3-5-8-11/h6,9,14H,1-5,7-8H2. The zero-order chi connectivity index (χ0) is 10.0. The highest BCUT2D eigenvalue weighted by molar-refractivity contribution is 5.90. The number of hydrogen-bond donors (Lipinski definition) is 1. The lowest BCUT2D eigenvalue weighted by molar-refractivity contribution is -0.179. The van der Waals surface area contributed by atoms with E-state index in [0.717, 1.165) is 30.7 Å². The van der Waals surface area contributed by atoms with E-state index in [2.05, 4.69) is 0 Å². The number of hydrogen-bond acceptors (Lipinski definition) is 2. The van der Waals surface area contributed by atoms with Gasteiger partial charge < -0.3 is 0 Å². The van der Waals surface area contributed by atoms with Crippen LogP contribution in [-0.2, 0) is 4.79 Å². The molecule has 1 amide bonds. The van der Waals surface area contributed by atoms with Crippen LogP contribution in [-0.4, -0.2) is 21.7 Å². The maximum atomic E-state index is 11.2. The predicted octanol–water partition coefficient (Wildman–Crippen LogP) is 2.26. The Kier molecular flexibility index (Phi) is 2.59. The number of carbonyl (C=O) groups excluding carboxylic acids is 1. The summed E-state index contributed by atoms with van der Waals surface area (Å²) in [5.41, 5.74) is -0.364. The Labute approximate surface area is 84.4 Å². The molecular formula is C11H17NO2. The second kappa shape index (κ2) is 3.73. The highest BCUT2D eigenvalue weighted by atomic mass is 16.5. The Hall–Kier alpha value is -0.830. The normalized spacial score (nSPS) is 26.6. The summed E-state index contributed by atoms with van der Waals surface area (Å²) in [5, 5.41) is 10.7. The van der Waals surface area contributed by atoms with Gasteiger partial charge in [0, 0.05) is 6.08 Å². The van der Waals surface area contributed by atoms with Crippen LogP contribution in [0.25, 0.3) is 0 Å². The lowest BCUT2D eigenvalue weighted by Gasteiger charge is -2.34. The van der Waals surface area contributed by atoms with Crippen molar-refractivity contribution in [1.82, 2.24) is 5.06 Å². The summed E-state index contributed by atoms with van der Waals surface area (Å²) in [6.45, 7) is 0. The van der Waals surface area contributed by atoms with Gasteiger partial charge in [0.25, 0.3) is 5.91 Å². The summed E-state index contributed by atoms with van der Waals surface area (Å²) in [6.07, 6.45) is 11.2. The molecule has 1 heterocycles. The van der Waals surface area contributed by atoms with Crippen LogP contribution in [0.3, 0.4) is 0 Å². The summed E-state index contributed by atoms with van der Waals surface area (Å²) >= 11 is 0. The van der Waals surface area contributed by atoms with Crippen molar-refractivity contribution >= 4 is 5.91 Å². The van der Waals surface area contributed by atoms with Gasteiger partial charge in [-0.15, -0.1) is 0 Å². The fourth-order valence-electron chi connectivity index (χ4n) is 2.48. The molecule has 3 heteroatoms. The molecular weight excluding hydrogens is 178 g/mol. The second-order valence-electron chi connectivity index (χ2n) is 4.35. The first-order valence-electron chi connectivity index (χ1n) is 5.47. The smallest absolute Gasteiger partial charge is 0.270 e. The Morgan fingerprint density at radius 1 is 1.14 bits per heavy atom. The van der Waals surface area contributed by atoms with Crippen molar-refractivity contribution in [3.05, 3.63) is 12.2 Å². The van der Waals surface area contributed by atoms with Crippen molar-refractivity contribution in [2.24, 2.45) is 0 Å². The predicted molar refractivity (Wildman–Crippen MR) is 52.8 cm³/mol. The number of hydroxylamine groups is 2. The average molecular weight is 195 g/mol. The molecule has 0 aromatic rings. The van der Waals surface area contributed by atoms with Crippen LogP contribution >= 0.6 is 0 Å². The summed E-state index contributed by atoms with van der Waals surface area (Å²) in [7, 11) is 0. The van der Waals surface area contributed by atoms with Crippen molar-refractivity contribution in [3.63, 3.8) is 0 Å². The topological polar surface area (TPSA) is 40.5 Å². The van der Waals surface area contributed by atoms with Crippen molar-refractivity contribution in [3.8, 4) is 0 Å². The molecule has 2 aliphatic rings. The zero-order valence-corrected chi connectivity index (χ0v) is 8.41. The van der Waals surface area contributed by atoms with Crippen LogP contribution in [0.4, 0.5) is 0 Å². The van der Waals surface area contributed by atoms with E-state index in [1.54, 1.807) is 0 Å². The third-order valence-corrected chi connectivity index (χ3v) is 3.39. The fourth-order valence-corrected chi connectivity index (χ4v) is 2.48. The lowest BCUT2D eigenvalue weighted by Crippen LogP contribution is -2.44. The minimum atomic E-state index is -0.364. The molecule has 3 nitrogen and oxygen atoms in total. The van der Waals surface area contributed by atoms with Gasteiger partial charge in [-0.3, -0.25) is 10.0 Å². The van der Waals surface area contributed by atoms with E-state index in [4.69, 9.17) is 0 Å². The van der Waals surface area contributed by atoms with Gasteiger partial charge in [-0.1, -0.05) is 38.2 Å². The summed E-state index contributed by atoms with van der Waals surface area (Å²) < 4.78 is 0. The van der Waals surface area contributed by atoms with E-state index in [-0.39, 0.29) is 11.4 Å². The van der Waals surface area contributed by atoms with Crippen molar-refractivity contribution in [1.29, 1.82) is 0 Å². The molecule has 1 fully saturated rings. The molecule has 1 spiro atoms. The van der Waals surface area contributed by atoms with Crippen LogP contribution in [0.1, 0.15) is 44.9 Å².